The fraction of sp³-hybridized carbons (Fsp3) is 1.00. The molecule has 0 heterocycles. The van der Waals surface area contributed by atoms with E-state index < -0.39 is 0 Å². The molecule has 0 spiro atoms. The van der Waals surface area contributed by atoms with Crippen LogP contribution in [0.4, 0.5) is 0 Å². The SMILES string of the molecule is CC[C@@H](C)N[C@@H](C)CN. The Morgan fingerprint density at radius 2 is 1.89 bits per heavy atom. The Morgan fingerprint density at radius 1 is 1.33 bits per heavy atom. The van der Waals surface area contributed by atoms with Gasteiger partial charge in [-0.25, -0.2) is 0 Å². The fourth-order valence-electron chi connectivity index (χ4n) is 0.672. The molecule has 0 saturated carbocycles. The van der Waals surface area contributed by atoms with E-state index in [0.717, 1.165) is 6.54 Å². The average molecular weight is 130 g/mol. The van der Waals surface area contributed by atoms with Crippen LogP contribution in [0.3, 0.4) is 0 Å². The van der Waals surface area contributed by atoms with E-state index in [1.54, 1.807) is 0 Å². The third-order valence-corrected chi connectivity index (χ3v) is 1.53. The lowest BCUT2D eigenvalue weighted by Crippen LogP contribution is -2.38. The van der Waals surface area contributed by atoms with E-state index >= 15 is 0 Å². The second-order valence-electron chi connectivity index (χ2n) is 2.61. The second-order valence-corrected chi connectivity index (χ2v) is 2.61. The van der Waals surface area contributed by atoms with Crippen molar-refractivity contribution >= 4 is 0 Å². The molecule has 3 N–H and O–H groups in total. The predicted molar refractivity (Wildman–Crippen MR) is 41.4 cm³/mol. The molecule has 0 amide bonds. The third kappa shape index (κ3) is 4.43. The highest BCUT2D eigenvalue weighted by Gasteiger charge is 2.01. The summed E-state index contributed by atoms with van der Waals surface area (Å²) in [5, 5.41) is 3.35. The summed E-state index contributed by atoms with van der Waals surface area (Å²) in [5.41, 5.74) is 5.41. The zero-order valence-electron chi connectivity index (χ0n) is 6.65. The monoisotopic (exact) mass is 130 g/mol. The number of hydrogen-bond donors (Lipinski definition) is 2. The van der Waals surface area contributed by atoms with Crippen LogP contribution in [0.1, 0.15) is 27.2 Å². The molecule has 0 rings (SSSR count). The van der Waals surface area contributed by atoms with Gasteiger partial charge in [-0.1, -0.05) is 6.92 Å². The van der Waals surface area contributed by atoms with Gasteiger partial charge in [0.25, 0.3) is 0 Å². The molecule has 0 aliphatic heterocycles. The maximum absolute atomic E-state index is 5.41. The highest BCUT2D eigenvalue weighted by molar-refractivity contribution is 4.65. The number of rotatable bonds is 4. The van der Waals surface area contributed by atoms with Crippen molar-refractivity contribution in [2.24, 2.45) is 5.73 Å². The van der Waals surface area contributed by atoms with Gasteiger partial charge in [0.15, 0.2) is 0 Å². The van der Waals surface area contributed by atoms with Gasteiger partial charge in [0.2, 0.25) is 0 Å². The Morgan fingerprint density at radius 3 is 2.22 bits per heavy atom. The molecule has 0 aromatic carbocycles. The van der Waals surface area contributed by atoms with Crippen molar-refractivity contribution in [3.8, 4) is 0 Å². The normalized spacial score (nSPS) is 17.3. The molecule has 2 atom stereocenters. The lowest BCUT2D eigenvalue weighted by Gasteiger charge is -2.16. The zero-order valence-corrected chi connectivity index (χ0v) is 6.65. The molecule has 0 unspecified atom stereocenters. The van der Waals surface area contributed by atoms with Crippen LogP contribution in [0.15, 0.2) is 0 Å². The van der Waals surface area contributed by atoms with Gasteiger partial charge < -0.3 is 11.1 Å². The maximum atomic E-state index is 5.41. The summed E-state index contributed by atoms with van der Waals surface area (Å²) < 4.78 is 0. The van der Waals surface area contributed by atoms with Crippen LogP contribution in [0.5, 0.6) is 0 Å². The van der Waals surface area contributed by atoms with Crippen molar-refractivity contribution in [1.82, 2.24) is 5.32 Å². The topological polar surface area (TPSA) is 38.0 Å². The van der Waals surface area contributed by atoms with Crippen LogP contribution in [0, 0.1) is 0 Å². The third-order valence-electron chi connectivity index (χ3n) is 1.53. The Labute approximate surface area is 57.8 Å². The highest BCUT2D eigenvalue weighted by Crippen LogP contribution is 1.89. The quantitative estimate of drug-likeness (QED) is 0.588. The fourth-order valence-corrected chi connectivity index (χ4v) is 0.672. The molecule has 0 bridgehead atoms. The molecule has 56 valence electrons. The van der Waals surface area contributed by atoms with E-state index in [0.29, 0.717) is 12.1 Å². The minimum absolute atomic E-state index is 0.458. The maximum Gasteiger partial charge on any atom is 0.0164 e. The summed E-state index contributed by atoms with van der Waals surface area (Å²) in [4.78, 5) is 0. The zero-order chi connectivity index (χ0) is 7.28. The van der Waals surface area contributed by atoms with E-state index in [4.69, 9.17) is 5.73 Å². The van der Waals surface area contributed by atoms with Crippen molar-refractivity contribution < 1.29 is 0 Å². The minimum atomic E-state index is 0.458. The smallest absolute Gasteiger partial charge is 0.0164 e. The van der Waals surface area contributed by atoms with E-state index in [-0.39, 0.29) is 0 Å². The summed E-state index contributed by atoms with van der Waals surface area (Å²) in [6.45, 7) is 7.17. The number of nitrogens with two attached hydrogens (primary N) is 1. The van der Waals surface area contributed by atoms with Crippen LogP contribution in [-0.2, 0) is 0 Å². The summed E-state index contributed by atoms with van der Waals surface area (Å²) in [6.07, 6.45) is 1.17. The predicted octanol–water partition coefficient (Wildman–Crippen LogP) is 0.722. The Bertz CT molecular complexity index is 55.9. The Kier molecular flexibility index (Phi) is 4.72. The van der Waals surface area contributed by atoms with Gasteiger partial charge in [0.05, 0.1) is 0 Å². The largest absolute Gasteiger partial charge is 0.329 e. The minimum Gasteiger partial charge on any atom is -0.329 e. The van der Waals surface area contributed by atoms with E-state index in [1.165, 1.54) is 6.42 Å². The van der Waals surface area contributed by atoms with E-state index in [9.17, 15) is 0 Å². The van der Waals surface area contributed by atoms with Crippen LogP contribution >= 0.6 is 0 Å². The van der Waals surface area contributed by atoms with Gasteiger partial charge in [-0.05, 0) is 20.3 Å². The molecule has 0 radical (unpaired) electrons. The van der Waals surface area contributed by atoms with Crippen molar-refractivity contribution in [1.29, 1.82) is 0 Å². The Hall–Kier alpha value is -0.0800. The van der Waals surface area contributed by atoms with Crippen LogP contribution < -0.4 is 11.1 Å². The molecule has 0 saturated heterocycles. The van der Waals surface area contributed by atoms with Crippen LogP contribution in [0.2, 0.25) is 0 Å². The van der Waals surface area contributed by atoms with E-state index in [2.05, 4.69) is 26.1 Å². The second kappa shape index (κ2) is 4.77. The first-order valence-electron chi connectivity index (χ1n) is 3.66. The summed E-state index contributed by atoms with van der Waals surface area (Å²) in [6, 6.07) is 1.06. The molecular formula is C7H18N2. The van der Waals surface area contributed by atoms with Crippen molar-refractivity contribution in [2.45, 2.75) is 39.3 Å². The molecule has 2 heteroatoms. The Balaban J connectivity index is 3.22. The lowest BCUT2D eigenvalue weighted by atomic mass is 10.2. The van der Waals surface area contributed by atoms with Gasteiger partial charge in [0.1, 0.15) is 0 Å². The molecule has 0 aromatic rings. The summed E-state index contributed by atoms with van der Waals surface area (Å²) in [5.74, 6) is 0. The number of nitrogens with one attached hydrogen (secondary N) is 1. The summed E-state index contributed by atoms with van der Waals surface area (Å²) in [7, 11) is 0. The van der Waals surface area contributed by atoms with Gasteiger partial charge in [-0.15, -0.1) is 0 Å². The molecular weight excluding hydrogens is 112 g/mol. The first-order chi connectivity index (χ1) is 4.20. The molecule has 0 fully saturated rings. The van der Waals surface area contributed by atoms with E-state index in [1.807, 2.05) is 0 Å². The van der Waals surface area contributed by atoms with Crippen molar-refractivity contribution in [3.63, 3.8) is 0 Å². The molecule has 0 aromatic heterocycles. The first kappa shape index (κ1) is 8.92. The van der Waals surface area contributed by atoms with Crippen LogP contribution in [-0.4, -0.2) is 18.6 Å². The van der Waals surface area contributed by atoms with Gasteiger partial charge in [-0.2, -0.15) is 0 Å². The highest BCUT2D eigenvalue weighted by atomic mass is 14.9. The lowest BCUT2D eigenvalue weighted by molar-refractivity contribution is 0.463. The number of hydrogen-bond acceptors (Lipinski definition) is 2. The van der Waals surface area contributed by atoms with Gasteiger partial charge in [0, 0.05) is 18.6 Å². The van der Waals surface area contributed by atoms with Gasteiger partial charge >= 0.3 is 0 Å². The molecule has 0 aliphatic rings. The van der Waals surface area contributed by atoms with Crippen molar-refractivity contribution in [3.05, 3.63) is 0 Å². The summed E-state index contributed by atoms with van der Waals surface area (Å²) >= 11 is 0. The first-order valence-corrected chi connectivity index (χ1v) is 3.66. The van der Waals surface area contributed by atoms with Crippen LogP contribution in [0.25, 0.3) is 0 Å². The molecule has 9 heavy (non-hydrogen) atoms. The van der Waals surface area contributed by atoms with Crippen molar-refractivity contribution in [2.75, 3.05) is 6.54 Å². The average Bonchev–Trinajstić information content (AvgIpc) is 1.87. The molecule has 0 aliphatic carbocycles. The molecule has 2 nitrogen and oxygen atoms in total. The van der Waals surface area contributed by atoms with Gasteiger partial charge in [-0.3, -0.25) is 0 Å². The standard InChI is InChI=1S/C7H18N2/c1-4-6(2)9-7(3)5-8/h6-7,9H,4-5,8H2,1-3H3/t6-,7+/m1/s1.